The summed E-state index contributed by atoms with van der Waals surface area (Å²) >= 11 is 0. The summed E-state index contributed by atoms with van der Waals surface area (Å²) in [6, 6.07) is 23.4. The summed E-state index contributed by atoms with van der Waals surface area (Å²) in [5.41, 5.74) is 5.79. The van der Waals surface area contributed by atoms with E-state index in [1.807, 2.05) is 61.5 Å². The minimum atomic E-state index is -0.480. The van der Waals surface area contributed by atoms with E-state index in [1.165, 1.54) is 0 Å². The van der Waals surface area contributed by atoms with Crippen molar-refractivity contribution in [1.82, 2.24) is 10.7 Å². The lowest BCUT2D eigenvalue weighted by Gasteiger charge is -2.18. The highest BCUT2D eigenvalue weighted by molar-refractivity contribution is 5.94. The number of rotatable bonds is 8. The molecule has 0 heterocycles. The number of carbonyl (C=O) groups is 2. The molecule has 0 fully saturated rings. The third kappa shape index (κ3) is 6.27. The fraction of sp³-hybridized carbons (Fsp3) is 0.160. The standard InChI is InChI=1S/C25H25N3O3/c1-18-15-22(31-2)14-13-21(18)17-26-28-24(29)16-23(19-9-5-3-6-10-19)27-25(30)20-11-7-4-8-12-20/h3-15,17,23H,16H2,1-2H3,(H,27,30)(H,28,29)/b26-17-/t23-/m0/s1. The molecule has 3 aromatic carbocycles. The van der Waals surface area contributed by atoms with Gasteiger partial charge in [-0.25, -0.2) is 5.43 Å². The molecule has 0 aromatic heterocycles. The summed E-state index contributed by atoms with van der Waals surface area (Å²) in [5, 5.41) is 7.01. The Morgan fingerprint density at radius 3 is 2.32 bits per heavy atom. The zero-order chi connectivity index (χ0) is 22.1. The molecule has 3 aromatic rings. The number of ether oxygens (including phenoxy) is 1. The maximum atomic E-state index is 12.6. The first-order valence-corrected chi connectivity index (χ1v) is 9.94. The maximum absolute atomic E-state index is 12.6. The summed E-state index contributed by atoms with van der Waals surface area (Å²) in [6.45, 7) is 1.94. The fourth-order valence-corrected chi connectivity index (χ4v) is 3.09. The maximum Gasteiger partial charge on any atom is 0.251 e. The van der Waals surface area contributed by atoms with Crippen molar-refractivity contribution in [3.8, 4) is 5.75 Å². The van der Waals surface area contributed by atoms with Gasteiger partial charge in [0.1, 0.15) is 5.75 Å². The molecule has 0 radical (unpaired) electrons. The van der Waals surface area contributed by atoms with Crippen LogP contribution in [0.2, 0.25) is 0 Å². The normalized spacial score (nSPS) is 11.7. The number of carbonyl (C=O) groups excluding carboxylic acids is 2. The highest BCUT2D eigenvalue weighted by atomic mass is 16.5. The van der Waals surface area contributed by atoms with E-state index in [-0.39, 0.29) is 18.2 Å². The van der Waals surface area contributed by atoms with Crippen LogP contribution in [0.25, 0.3) is 0 Å². The summed E-state index contributed by atoms with van der Waals surface area (Å²) in [4.78, 5) is 25.1. The van der Waals surface area contributed by atoms with Gasteiger partial charge < -0.3 is 10.1 Å². The van der Waals surface area contributed by atoms with Gasteiger partial charge in [0.25, 0.3) is 5.91 Å². The second kappa shape index (κ2) is 10.7. The van der Waals surface area contributed by atoms with Crippen LogP contribution in [-0.2, 0) is 4.79 Å². The lowest BCUT2D eigenvalue weighted by atomic mass is 10.0. The van der Waals surface area contributed by atoms with Crippen LogP contribution in [0.4, 0.5) is 0 Å². The van der Waals surface area contributed by atoms with Crippen LogP contribution in [0, 0.1) is 6.92 Å². The van der Waals surface area contributed by atoms with E-state index in [4.69, 9.17) is 4.74 Å². The van der Waals surface area contributed by atoms with Crippen LogP contribution in [0.1, 0.15) is 39.5 Å². The minimum absolute atomic E-state index is 0.0571. The third-order valence-electron chi connectivity index (χ3n) is 4.80. The second-order valence-corrected chi connectivity index (χ2v) is 7.02. The Morgan fingerprint density at radius 1 is 1.00 bits per heavy atom. The van der Waals surface area contributed by atoms with Crippen LogP contribution in [0.3, 0.4) is 0 Å². The molecule has 0 unspecified atom stereocenters. The fourth-order valence-electron chi connectivity index (χ4n) is 3.09. The van der Waals surface area contributed by atoms with Crippen LogP contribution in [-0.4, -0.2) is 25.1 Å². The van der Waals surface area contributed by atoms with Crippen molar-refractivity contribution < 1.29 is 14.3 Å². The number of hydrogen-bond donors (Lipinski definition) is 2. The SMILES string of the molecule is COc1ccc(/C=N\NC(=O)C[C@H](NC(=O)c2ccccc2)c2ccccc2)c(C)c1. The molecule has 2 amide bonds. The van der Waals surface area contributed by atoms with E-state index in [1.54, 1.807) is 37.6 Å². The Kier molecular flexibility index (Phi) is 7.54. The lowest BCUT2D eigenvalue weighted by Crippen LogP contribution is -2.32. The molecular formula is C25H25N3O3. The van der Waals surface area contributed by atoms with E-state index in [0.717, 1.165) is 22.4 Å². The van der Waals surface area contributed by atoms with E-state index in [0.29, 0.717) is 5.56 Å². The predicted octanol–water partition coefficient (Wildman–Crippen LogP) is 4.02. The topological polar surface area (TPSA) is 79.8 Å². The van der Waals surface area contributed by atoms with Crippen molar-refractivity contribution in [2.75, 3.05) is 7.11 Å². The number of nitrogens with one attached hydrogen (secondary N) is 2. The zero-order valence-corrected chi connectivity index (χ0v) is 17.5. The molecule has 158 valence electrons. The molecule has 6 heteroatoms. The molecule has 0 saturated heterocycles. The van der Waals surface area contributed by atoms with Gasteiger partial charge in [-0.2, -0.15) is 5.10 Å². The van der Waals surface area contributed by atoms with Crippen molar-refractivity contribution in [3.63, 3.8) is 0 Å². The average Bonchev–Trinajstić information content (AvgIpc) is 2.80. The molecular weight excluding hydrogens is 390 g/mol. The zero-order valence-electron chi connectivity index (χ0n) is 17.5. The van der Waals surface area contributed by atoms with Crippen molar-refractivity contribution in [2.24, 2.45) is 5.10 Å². The van der Waals surface area contributed by atoms with Gasteiger partial charge in [0, 0.05) is 5.56 Å². The number of hydrazone groups is 1. The Hall–Kier alpha value is -3.93. The van der Waals surface area contributed by atoms with Gasteiger partial charge >= 0.3 is 0 Å². The first-order chi connectivity index (χ1) is 15.1. The molecule has 2 N–H and O–H groups in total. The molecule has 0 aliphatic heterocycles. The number of nitrogens with zero attached hydrogens (tertiary/aromatic N) is 1. The van der Waals surface area contributed by atoms with Crippen LogP contribution >= 0.6 is 0 Å². The highest BCUT2D eigenvalue weighted by Gasteiger charge is 2.19. The molecule has 3 rings (SSSR count). The van der Waals surface area contributed by atoms with Crippen molar-refractivity contribution in [1.29, 1.82) is 0 Å². The number of hydrogen-bond acceptors (Lipinski definition) is 4. The average molecular weight is 415 g/mol. The van der Waals surface area contributed by atoms with Crippen LogP contribution in [0.15, 0.2) is 84.0 Å². The van der Waals surface area contributed by atoms with Crippen LogP contribution < -0.4 is 15.5 Å². The lowest BCUT2D eigenvalue weighted by molar-refractivity contribution is -0.121. The summed E-state index contributed by atoms with van der Waals surface area (Å²) in [5.74, 6) is 0.225. The Bertz CT molecular complexity index is 1050. The summed E-state index contributed by atoms with van der Waals surface area (Å²) in [6.07, 6.45) is 1.65. The van der Waals surface area contributed by atoms with E-state index >= 15 is 0 Å². The van der Waals surface area contributed by atoms with Gasteiger partial charge in [0.05, 0.1) is 25.8 Å². The monoisotopic (exact) mass is 415 g/mol. The second-order valence-electron chi connectivity index (χ2n) is 7.02. The van der Waals surface area contributed by atoms with Crippen molar-refractivity contribution in [2.45, 2.75) is 19.4 Å². The van der Waals surface area contributed by atoms with Gasteiger partial charge in [-0.1, -0.05) is 48.5 Å². The molecule has 0 saturated carbocycles. The van der Waals surface area contributed by atoms with Gasteiger partial charge in [-0.3, -0.25) is 9.59 Å². The first kappa shape index (κ1) is 21.8. The Labute approximate surface area is 182 Å². The molecule has 6 nitrogen and oxygen atoms in total. The van der Waals surface area contributed by atoms with Crippen LogP contribution in [0.5, 0.6) is 5.75 Å². The quantitative estimate of drug-likeness (QED) is 0.431. The Balaban J connectivity index is 1.66. The third-order valence-corrected chi connectivity index (χ3v) is 4.80. The number of aryl methyl sites for hydroxylation is 1. The molecule has 0 aliphatic rings. The largest absolute Gasteiger partial charge is 0.497 e. The highest BCUT2D eigenvalue weighted by Crippen LogP contribution is 2.18. The summed E-state index contributed by atoms with van der Waals surface area (Å²) < 4.78 is 5.19. The van der Waals surface area contributed by atoms with Gasteiger partial charge in [-0.05, 0) is 53.9 Å². The first-order valence-electron chi connectivity index (χ1n) is 9.94. The van der Waals surface area contributed by atoms with Crippen molar-refractivity contribution >= 4 is 18.0 Å². The molecule has 31 heavy (non-hydrogen) atoms. The van der Waals surface area contributed by atoms with E-state index in [2.05, 4.69) is 15.8 Å². The molecule has 0 aliphatic carbocycles. The van der Waals surface area contributed by atoms with Crippen molar-refractivity contribution in [3.05, 3.63) is 101 Å². The van der Waals surface area contributed by atoms with E-state index in [9.17, 15) is 9.59 Å². The van der Waals surface area contributed by atoms with Gasteiger partial charge in [-0.15, -0.1) is 0 Å². The van der Waals surface area contributed by atoms with Gasteiger partial charge in [0.2, 0.25) is 5.91 Å². The molecule has 1 atom stereocenters. The number of amides is 2. The van der Waals surface area contributed by atoms with Gasteiger partial charge in [0.15, 0.2) is 0 Å². The smallest absolute Gasteiger partial charge is 0.251 e. The number of methoxy groups -OCH3 is 1. The number of benzene rings is 3. The predicted molar refractivity (Wildman–Crippen MR) is 121 cm³/mol. The summed E-state index contributed by atoms with van der Waals surface area (Å²) in [7, 11) is 1.61. The molecule has 0 bridgehead atoms. The van der Waals surface area contributed by atoms with E-state index < -0.39 is 6.04 Å². The molecule has 0 spiro atoms. The Morgan fingerprint density at radius 2 is 1.68 bits per heavy atom. The minimum Gasteiger partial charge on any atom is -0.497 e.